The van der Waals surface area contributed by atoms with Crippen LogP contribution in [0.3, 0.4) is 0 Å². The van der Waals surface area contributed by atoms with E-state index in [-0.39, 0.29) is 5.88 Å². The van der Waals surface area contributed by atoms with Gasteiger partial charge in [0.2, 0.25) is 0 Å². The highest BCUT2D eigenvalue weighted by Gasteiger charge is 2.18. The lowest BCUT2D eigenvalue weighted by Gasteiger charge is -2.16. The molecule has 0 radical (unpaired) electrons. The van der Waals surface area contributed by atoms with Gasteiger partial charge < -0.3 is 14.9 Å². The van der Waals surface area contributed by atoms with Crippen LogP contribution >= 0.6 is 27.5 Å². The van der Waals surface area contributed by atoms with Gasteiger partial charge >= 0.3 is 0 Å². The van der Waals surface area contributed by atoms with Crippen LogP contribution in [-0.2, 0) is 0 Å². The molecule has 0 heterocycles. The molecule has 2 N–H and O–H groups in total. The van der Waals surface area contributed by atoms with Gasteiger partial charge in [-0.05, 0) is 33.6 Å². The molecule has 2 unspecified atom stereocenters. The van der Waals surface area contributed by atoms with Gasteiger partial charge in [-0.2, -0.15) is 0 Å². The van der Waals surface area contributed by atoms with E-state index in [2.05, 4.69) is 15.9 Å². The van der Waals surface area contributed by atoms with Crippen LogP contribution in [0.15, 0.2) is 22.7 Å². The number of benzene rings is 1. The van der Waals surface area contributed by atoms with Crippen LogP contribution in [0.25, 0.3) is 0 Å². The summed E-state index contributed by atoms with van der Waals surface area (Å²) in [5.74, 6) is 0.663. The maximum atomic E-state index is 9.68. The second kappa shape index (κ2) is 5.70. The van der Waals surface area contributed by atoms with Gasteiger partial charge in [-0.3, -0.25) is 0 Å². The Morgan fingerprint density at radius 3 is 2.60 bits per heavy atom. The lowest BCUT2D eigenvalue weighted by molar-refractivity contribution is 0.0326. The molecule has 0 aromatic heterocycles. The molecule has 0 fully saturated rings. The largest absolute Gasteiger partial charge is 0.496 e. The molecule has 0 aliphatic heterocycles. The molecule has 1 aromatic carbocycles. The van der Waals surface area contributed by atoms with E-state index in [4.69, 9.17) is 16.3 Å². The SMILES string of the molecule is COc1ccc(C(O)C(O)CCl)cc1Br. The van der Waals surface area contributed by atoms with Gasteiger partial charge in [0.1, 0.15) is 11.9 Å². The fourth-order valence-electron chi connectivity index (χ4n) is 1.17. The Bertz CT molecular complexity index is 332. The minimum Gasteiger partial charge on any atom is -0.496 e. The molecule has 0 spiro atoms. The first-order valence-corrected chi connectivity index (χ1v) is 5.68. The van der Waals surface area contributed by atoms with E-state index in [1.165, 1.54) is 0 Å². The first kappa shape index (κ1) is 12.8. The number of hydrogen-bond acceptors (Lipinski definition) is 3. The molecule has 0 amide bonds. The lowest BCUT2D eigenvalue weighted by Crippen LogP contribution is -2.19. The summed E-state index contributed by atoms with van der Waals surface area (Å²) < 4.78 is 5.77. The van der Waals surface area contributed by atoms with Crippen molar-refractivity contribution in [3.8, 4) is 5.75 Å². The van der Waals surface area contributed by atoms with Gasteiger partial charge in [0.25, 0.3) is 0 Å². The molecule has 0 saturated carbocycles. The van der Waals surface area contributed by atoms with Gasteiger partial charge in [-0.15, -0.1) is 11.6 Å². The molecule has 3 nitrogen and oxygen atoms in total. The Morgan fingerprint density at radius 2 is 2.13 bits per heavy atom. The highest BCUT2D eigenvalue weighted by Crippen LogP contribution is 2.29. The van der Waals surface area contributed by atoms with Crippen molar-refractivity contribution in [3.63, 3.8) is 0 Å². The average Bonchev–Trinajstić information content (AvgIpc) is 2.26. The summed E-state index contributed by atoms with van der Waals surface area (Å²) in [6.45, 7) is 0. The number of halogens is 2. The highest BCUT2D eigenvalue weighted by atomic mass is 79.9. The highest BCUT2D eigenvalue weighted by molar-refractivity contribution is 9.10. The Morgan fingerprint density at radius 1 is 1.47 bits per heavy atom. The van der Waals surface area contributed by atoms with Crippen LogP contribution in [0, 0.1) is 0 Å². The van der Waals surface area contributed by atoms with Crippen molar-refractivity contribution in [2.75, 3.05) is 13.0 Å². The fourth-order valence-corrected chi connectivity index (χ4v) is 1.90. The minimum absolute atomic E-state index is 0.00911. The van der Waals surface area contributed by atoms with Crippen molar-refractivity contribution in [3.05, 3.63) is 28.2 Å². The molecule has 0 aliphatic rings. The number of rotatable bonds is 4. The predicted molar refractivity (Wildman–Crippen MR) is 62.4 cm³/mol. The summed E-state index contributed by atoms with van der Waals surface area (Å²) in [5, 5.41) is 19.0. The molecule has 2 atom stereocenters. The summed E-state index contributed by atoms with van der Waals surface area (Å²) in [7, 11) is 1.56. The van der Waals surface area contributed by atoms with Crippen LogP contribution in [0.5, 0.6) is 5.75 Å². The third kappa shape index (κ3) is 3.08. The van der Waals surface area contributed by atoms with Gasteiger partial charge in [-0.25, -0.2) is 0 Å². The molecular formula is C10H12BrClO3. The van der Waals surface area contributed by atoms with Gasteiger partial charge in [0.05, 0.1) is 23.6 Å². The van der Waals surface area contributed by atoms with Gasteiger partial charge in [0.15, 0.2) is 0 Å². The summed E-state index contributed by atoms with van der Waals surface area (Å²) >= 11 is 8.74. The molecule has 84 valence electrons. The number of hydrogen-bond donors (Lipinski definition) is 2. The number of alkyl halides is 1. The first-order valence-electron chi connectivity index (χ1n) is 4.35. The topological polar surface area (TPSA) is 49.7 Å². The molecular weight excluding hydrogens is 283 g/mol. The number of ether oxygens (including phenoxy) is 1. The summed E-state index contributed by atoms with van der Waals surface area (Å²) in [4.78, 5) is 0. The third-order valence-electron chi connectivity index (χ3n) is 2.04. The quantitative estimate of drug-likeness (QED) is 0.836. The summed E-state index contributed by atoms with van der Waals surface area (Å²) in [6.07, 6.45) is -1.95. The first-order chi connectivity index (χ1) is 7.10. The second-order valence-corrected chi connectivity index (χ2v) is 4.22. The monoisotopic (exact) mass is 294 g/mol. The zero-order valence-corrected chi connectivity index (χ0v) is 10.5. The normalized spacial score (nSPS) is 14.7. The van der Waals surface area contributed by atoms with Crippen molar-refractivity contribution in [2.45, 2.75) is 12.2 Å². The van der Waals surface area contributed by atoms with Crippen LogP contribution < -0.4 is 4.74 Å². The van der Waals surface area contributed by atoms with Crippen molar-refractivity contribution in [1.29, 1.82) is 0 Å². The van der Waals surface area contributed by atoms with Gasteiger partial charge in [0, 0.05) is 0 Å². The Labute approximate surface area is 102 Å². The number of aliphatic hydroxyl groups excluding tert-OH is 2. The lowest BCUT2D eigenvalue weighted by atomic mass is 10.1. The van der Waals surface area contributed by atoms with Crippen LogP contribution in [0.2, 0.25) is 0 Å². The Hall–Kier alpha value is -0.290. The zero-order chi connectivity index (χ0) is 11.4. The van der Waals surface area contributed by atoms with Crippen LogP contribution in [0.4, 0.5) is 0 Å². The fraction of sp³-hybridized carbons (Fsp3) is 0.400. The van der Waals surface area contributed by atoms with Gasteiger partial charge in [-0.1, -0.05) is 6.07 Å². The van der Waals surface area contributed by atoms with E-state index in [0.717, 1.165) is 4.47 Å². The summed E-state index contributed by atoms with van der Waals surface area (Å²) in [5.41, 5.74) is 0.593. The molecule has 5 heteroatoms. The minimum atomic E-state index is -0.982. The molecule has 0 saturated heterocycles. The number of methoxy groups -OCH3 is 1. The van der Waals surface area contributed by atoms with Crippen LogP contribution in [0.1, 0.15) is 11.7 Å². The van der Waals surface area contributed by atoms with E-state index in [1.807, 2.05) is 0 Å². The van der Waals surface area contributed by atoms with Crippen molar-refractivity contribution < 1.29 is 14.9 Å². The standard InChI is InChI=1S/C10H12BrClO3/c1-15-9-3-2-6(4-7(9)11)10(14)8(13)5-12/h2-4,8,10,13-14H,5H2,1H3. The second-order valence-electron chi connectivity index (χ2n) is 3.06. The Kier molecular flexibility index (Phi) is 4.86. The maximum Gasteiger partial charge on any atom is 0.133 e. The van der Waals surface area contributed by atoms with Crippen molar-refractivity contribution in [1.82, 2.24) is 0 Å². The zero-order valence-electron chi connectivity index (χ0n) is 8.15. The van der Waals surface area contributed by atoms with Crippen molar-refractivity contribution in [2.24, 2.45) is 0 Å². The molecule has 0 bridgehead atoms. The van der Waals surface area contributed by atoms with Crippen molar-refractivity contribution >= 4 is 27.5 Å². The Balaban J connectivity index is 2.92. The smallest absolute Gasteiger partial charge is 0.133 e. The number of aliphatic hydroxyl groups is 2. The van der Waals surface area contributed by atoms with E-state index >= 15 is 0 Å². The van der Waals surface area contributed by atoms with E-state index in [1.54, 1.807) is 25.3 Å². The van der Waals surface area contributed by atoms with E-state index in [9.17, 15) is 10.2 Å². The molecule has 15 heavy (non-hydrogen) atoms. The maximum absolute atomic E-state index is 9.68. The van der Waals surface area contributed by atoms with Crippen LogP contribution in [-0.4, -0.2) is 29.3 Å². The van der Waals surface area contributed by atoms with E-state index in [0.29, 0.717) is 11.3 Å². The van der Waals surface area contributed by atoms with E-state index < -0.39 is 12.2 Å². The third-order valence-corrected chi connectivity index (χ3v) is 2.98. The average molecular weight is 296 g/mol. The predicted octanol–water partition coefficient (Wildman–Crippen LogP) is 2.09. The summed E-state index contributed by atoms with van der Waals surface area (Å²) in [6, 6.07) is 5.09. The molecule has 1 rings (SSSR count). The molecule has 0 aliphatic carbocycles. The molecule has 1 aromatic rings.